The fourth-order valence-corrected chi connectivity index (χ4v) is 2.03. The van der Waals surface area contributed by atoms with Crippen LogP contribution in [-0.4, -0.2) is 13.2 Å². The zero-order chi connectivity index (χ0) is 10.7. The smallest absolute Gasteiger partial charge is 0.124 e. The van der Waals surface area contributed by atoms with E-state index in [2.05, 4.69) is 37.4 Å². The zero-order valence-electron chi connectivity index (χ0n) is 9.55. The van der Waals surface area contributed by atoms with Crippen molar-refractivity contribution in [3.8, 4) is 5.75 Å². The fraction of sp³-hybridized carbons (Fsp3) is 0.538. The summed E-state index contributed by atoms with van der Waals surface area (Å²) in [4.78, 5) is 0. The number of nitrogens with one attached hydrogen (secondary N) is 1. The first kappa shape index (κ1) is 10.5. The third-order valence-electron chi connectivity index (χ3n) is 2.85. The first-order chi connectivity index (χ1) is 7.31. The number of fused-ring (bicyclic) bond motifs is 1. The van der Waals surface area contributed by atoms with Crippen LogP contribution < -0.4 is 10.1 Å². The van der Waals surface area contributed by atoms with Gasteiger partial charge in [0.2, 0.25) is 0 Å². The fourth-order valence-electron chi connectivity index (χ4n) is 2.03. The number of hydrogen-bond acceptors (Lipinski definition) is 2. The van der Waals surface area contributed by atoms with Crippen LogP contribution in [0.25, 0.3) is 0 Å². The monoisotopic (exact) mass is 205 g/mol. The minimum Gasteiger partial charge on any atom is -0.493 e. The summed E-state index contributed by atoms with van der Waals surface area (Å²) >= 11 is 0. The van der Waals surface area contributed by atoms with E-state index in [9.17, 15) is 0 Å². The maximum Gasteiger partial charge on any atom is 0.124 e. The van der Waals surface area contributed by atoms with Crippen molar-refractivity contribution in [2.24, 2.45) is 0 Å². The van der Waals surface area contributed by atoms with E-state index < -0.39 is 0 Å². The molecule has 1 atom stereocenters. The van der Waals surface area contributed by atoms with Crippen molar-refractivity contribution in [2.45, 2.75) is 32.7 Å². The summed E-state index contributed by atoms with van der Waals surface area (Å²) in [6, 6.07) is 6.97. The maximum absolute atomic E-state index is 5.67. The van der Waals surface area contributed by atoms with E-state index in [1.807, 2.05) is 0 Å². The lowest BCUT2D eigenvalue weighted by atomic mass is 9.99. The Morgan fingerprint density at radius 2 is 2.33 bits per heavy atom. The van der Waals surface area contributed by atoms with Gasteiger partial charge < -0.3 is 10.1 Å². The van der Waals surface area contributed by atoms with Crippen LogP contribution in [-0.2, 0) is 0 Å². The summed E-state index contributed by atoms with van der Waals surface area (Å²) < 4.78 is 5.67. The highest BCUT2D eigenvalue weighted by molar-refractivity contribution is 5.40. The van der Waals surface area contributed by atoms with Gasteiger partial charge in [0.1, 0.15) is 5.75 Å². The molecule has 0 aromatic heterocycles. The van der Waals surface area contributed by atoms with E-state index in [0.717, 1.165) is 25.3 Å². The average Bonchev–Trinajstić information content (AvgIpc) is 2.25. The molecule has 0 saturated heterocycles. The highest BCUT2D eigenvalue weighted by atomic mass is 16.5. The Bertz CT molecular complexity index is 335. The van der Waals surface area contributed by atoms with Crippen molar-refractivity contribution in [3.63, 3.8) is 0 Å². The molecule has 2 nitrogen and oxygen atoms in total. The van der Waals surface area contributed by atoms with Gasteiger partial charge in [0, 0.05) is 18.0 Å². The Balaban J connectivity index is 2.18. The lowest BCUT2D eigenvalue weighted by Gasteiger charge is -2.27. The SMILES string of the molecule is CCCNC1CCOc2cc(C)ccc21. The molecule has 0 spiro atoms. The van der Waals surface area contributed by atoms with Crippen LogP contribution in [0.3, 0.4) is 0 Å². The largest absolute Gasteiger partial charge is 0.493 e. The van der Waals surface area contributed by atoms with Crippen molar-refractivity contribution in [2.75, 3.05) is 13.2 Å². The van der Waals surface area contributed by atoms with Crippen LogP contribution >= 0.6 is 0 Å². The number of benzene rings is 1. The first-order valence-electron chi connectivity index (χ1n) is 5.78. The van der Waals surface area contributed by atoms with Crippen molar-refractivity contribution in [1.82, 2.24) is 5.32 Å². The molecule has 1 N–H and O–H groups in total. The second-order valence-electron chi connectivity index (χ2n) is 4.19. The number of rotatable bonds is 3. The highest BCUT2D eigenvalue weighted by Crippen LogP contribution is 2.32. The summed E-state index contributed by atoms with van der Waals surface area (Å²) in [5.41, 5.74) is 2.59. The van der Waals surface area contributed by atoms with Crippen LogP contribution in [0.15, 0.2) is 18.2 Å². The van der Waals surface area contributed by atoms with Crippen LogP contribution in [0.4, 0.5) is 0 Å². The van der Waals surface area contributed by atoms with E-state index >= 15 is 0 Å². The van der Waals surface area contributed by atoms with Gasteiger partial charge in [0.25, 0.3) is 0 Å². The van der Waals surface area contributed by atoms with Crippen LogP contribution in [0.5, 0.6) is 5.75 Å². The molecular weight excluding hydrogens is 186 g/mol. The quantitative estimate of drug-likeness (QED) is 0.819. The Labute approximate surface area is 91.6 Å². The molecule has 15 heavy (non-hydrogen) atoms. The summed E-state index contributed by atoms with van der Waals surface area (Å²) in [6.45, 7) is 6.21. The maximum atomic E-state index is 5.67. The topological polar surface area (TPSA) is 21.3 Å². The molecule has 1 heterocycles. The van der Waals surface area contributed by atoms with Gasteiger partial charge in [-0.05, 0) is 31.5 Å². The van der Waals surface area contributed by atoms with Crippen molar-refractivity contribution in [3.05, 3.63) is 29.3 Å². The third-order valence-corrected chi connectivity index (χ3v) is 2.85. The molecule has 1 unspecified atom stereocenters. The Hall–Kier alpha value is -1.02. The molecule has 0 bridgehead atoms. The molecule has 1 aromatic rings. The number of ether oxygens (including phenoxy) is 1. The number of hydrogen-bond donors (Lipinski definition) is 1. The normalized spacial score (nSPS) is 19.5. The van der Waals surface area contributed by atoms with Crippen molar-refractivity contribution in [1.29, 1.82) is 0 Å². The van der Waals surface area contributed by atoms with Gasteiger partial charge >= 0.3 is 0 Å². The van der Waals surface area contributed by atoms with E-state index in [0.29, 0.717) is 6.04 Å². The molecule has 0 radical (unpaired) electrons. The molecule has 1 aromatic carbocycles. The Kier molecular flexibility index (Phi) is 3.27. The molecule has 1 aliphatic heterocycles. The molecule has 0 saturated carbocycles. The summed E-state index contributed by atoms with van der Waals surface area (Å²) in [7, 11) is 0. The molecule has 82 valence electrons. The van der Waals surface area contributed by atoms with Gasteiger partial charge in [-0.25, -0.2) is 0 Å². The average molecular weight is 205 g/mol. The second-order valence-corrected chi connectivity index (χ2v) is 4.19. The Morgan fingerprint density at radius 1 is 1.47 bits per heavy atom. The first-order valence-corrected chi connectivity index (χ1v) is 5.78. The van der Waals surface area contributed by atoms with Gasteiger partial charge in [-0.1, -0.05) is 19.1 Å². The van der Waals surface area contributed by atoms with Gasteiger partial charge in [-0.3, -0.25) is 0 Å². The molecule has 0 aliphatic carbocycles. The van der Waals surface area contributed by atoms with Gasteiger partial charge in [-0.2, -0.15) is 0 Å². The summed E-state index contributed by atoms with van der Waals surface area (Å²) in [5.74, 6) is 1.06. The van der Waals surface area contributed by atoms with Crippen LogP contribution in [0, 0.1) is 6.92 Å². The minimum atomic E-state index is 0.481. The summed E-state index contributed by atoms with van der Waals surface area (Å²) in [5, 5.41) is 3.57. The van der Waals surface area contributed by atoms with Gasteiger partial charge in [0.15, 0.2) is 0 Å². The minimum absolute atomic E-state index is 0.481. The zero-order valence-corrected chi connectivity index (χ0v) is 9.55. The Morgan fingerprint density at radius 3 is 3.13 bits per heavy atom. The van der Waals surface area contributed by atoms with Crippen molar-refractivity contribution >= 4 is 0 Å². The third kappa shape index (κ3) is 2.32. The predicted molar refractivity (Wildman–Crippen MR) is 62.3 cm³/mol. The van der Waals surface area contributed by atoms with E-state index in [4.69, 9.17) is 4.74 Å². The standard InChI is InChI=1S/C13H19NO/c1-3-7-14-12-6-8-15-13-9-10(2)4-5-11(12)13/h4-5,9,12,14H,3,6-8H2,1-2H3. The molecular formula is C13H19NO. The molecule has 2 rings (SSSR count). The van der Waals surface area contributed by atoms with Gasteiger partial charge in [-0.15, -0.1) is 0 Å². The highest BCUT2D eigenvalue weighted by Gasteiger charge is 2.20. The predicted octanol–water partition coefficient (Wildman–Crippen LogP) is 2.82. The second kappa shape index (κ2) is 4.67. The van der Waals surface area contributed by atoms with Crippen molar-refractivity contribution < 1.29 is 4.74 Å². The lowest BCUT2D eigenvalue weighted by molar-refractivity contribution is 0.253. The molecule has 2 heteroatoms. The summed E-state index contributed by atoms with van der Waals surface area (Å²) in [6.07, 6.45) is 2.26. The number of aryl methyl sites for hydroxylation is 1. The van der Waals surface area contributed by atoms with Gasteiger partial charge in [0.05, 0.1) is 6.61 Å². The van der Waals surface area contributed by atoms with Crippen LogP contribution in [0.2, 0.25) is 0 Å². The van der Waals surface area contributed by atoms with Crippen LogP contribution in [0.1, 0.15) is 36.9 Å². The van der Waals surface area contributed by atoms with E-state index in [1.165, 1.54) is 17.5 Å². The van der Waals surface area contributed by atoms with E-state index in [-0.39, 0.29) is 0 Å². The molecule has 0 amide bonds. The lowest BCUT2D eigenvalue weighted by Crippen LogP contribution is -2.27. The molecule has 1 aliphatic rings. The van der Waals surface area contributed by atoms with E-state index in [1.54, 1.807) is 0 Å². The molecule has 0 fully saturated rings.